The van der Waals surface area contributed by atoms with E-state index in [-0.39, 0.29) is 6.10 Å². The van der Waals surface area contributed by atoms with E-state index in [0.717, 1.165) is 48.3 Å². The van der Waals surface area contributed by atoms with Gasteiger partial charge in [0.05, 0.1) is 6.10 Å². The Bertz CT molecular complexity index is 649. The molecule has 0 aromatic rings. The molecule has 0 aromatic heterocycles. The third kappa shape index (κ3) is 3.48. The molecule has 4 rings (SSSR count). The molecule has 3 saturated carbocycles. The Morgan fingerprint density at radius 3 is 2.59 bits per heavy atom. The lowest BCUT2D eigenvalue weighted by Crippen LogP contribution is -2.50. The molecule has 0 radical (unpaired) electrons. The smallest absolute Gasteiger partial charge is 0.0577 e. The van der Waals surface area contributed by atoms with E-state index in [4.69, 9.17) is 0 Å². The number of hydrogen-bond donors (Lipinski definition) is 1. The highest BCUT2D eigenvalue weighted by Gasteiger charge is 2.59. The minimum atomic E-state index is -0.0867. The van der Waals surface area contributed by atoms with Crippen molar-refractivity contribution in [1.82, 2.24) is 0 Å². The van der Waals surface area contributed by atoms with Gasteiger partial charge in [-0.15, -0.1) is 6.58 Å². The summed E-state index contributed by atoms with van der Waals surface area (Å²) in [5, 5.41) is 10.2. The Labute approximate surface area is 180 Å². The van der Waals surface area contributed by atoms with E-state index in [1.165, 1.54) is 44.9 Å². The van der Waals surface area contributed by atoms with Crippen LogP contribution in [0.1, 0.15) is 92.4 Å². The van der Waals surface area contributed by atoms with Gasteiger partial charge in [0.1, 0.15) is 0 Å². The number of aliphatic hydroxyl groups is 1. The number of allylic oxidation sites excluding steroid dienone is 2. The first-order chi connectivity index (χ1) is 13.7. The molecule has 3 fully saturated rings. The maximum Gasteiger partial charge on any atom is 0.0577 e. The van der Waals surface area contributed by atoms with E-state index in [1.807, 2.05) is 0 Å². The average molecular weight is 399 g/mol. The highest BCUT2D eigenvalue weighted by molar-refractivity contribution is 5.25. The van der Waals surface area contributed by atoms with E-state index < -0.39 is 0 Å². The molecular weight excluding hydrogens is 352 g/mol. The van der Waals surface area contributed by atoms with Crippen molar-refractivity contribution in [3.05, 3.63) is 24.3 Å². The molecule has 29 heavy (non-hydrogen) atoms. The zero-order valence-corrected chi connectivity index (χ0v) is 19.8. The van der Waals surface area contributed by atoms with Gasteiger partial charge in [-0.1, -0.05) is 52.3 Å². The molecule has 10 unspecified atom stereocenters. The van der Waals surface area contributed by atoms with Gasteiger partial charge in [-0.05, 0) is 110 Å². The monoisotopic (exact) mass is 398 g/mol. The van der Waals surface area contributed by atoms with Gasteiger partial charge in [0.15, 0.2) is 0 Å². The van der Waals surface area contributed by atoms with Crippen molar-refractivity contribution in [2.75, 3.05) is 0 Å². The molecule has 0 aromatic carbocycles. The maximum absolute atomic E-state index is 10.2. The topological polar surface area (TPSA) is 20.2 Å². The molecule has 4 aliphatic rings. The molecular formula is C28H46O. The van der Waals surface area contributed by atoms with Crippen molar-refractivity contribution >= 4 is 0 Å². The summed E-state index contributed by atoms with van der Waals surface area (Å²) in [4.78, 5) is 0. The molecule has 0 spiro atoms. The number of hydrogen-bond acceptors (Lipinski definition) is 1. The van der Waals surface area contributed by atoms with Crippen molar-refractivity contribution < 1.29 is 5.11 Å². The molecule has 0 aliphatic heterocycles. The quantitative estimate of drug-likeness (QED) is 0.478. The van der Waals surface area contributed by atoms with Gasteiger partial charge in [-0.3, -0.25) is 0 Å². The third-order valence-corrected chi connectivity index (χ3v) is 10.9. The van der Waals surface area contributed by atoms with Crippen LogP contribution in [0.4, 0.5) is 0 Å². The first kappa shape index (κ1) is 21.7. The summed E-state index contributed by atoms with van der Waals surface area (Å²) in [6.07, 6.45) is 16.2. The van der Waals surface area contributed by atoms with Crippen LogP contribution in [0, 0.1) is 52.3 Å². The SMILES string of the molecule is C=CC(C)C(C)CC(C)C1CCC2C3CC=C4CC(O)CCC4(C)C3CCC12C. The summed E-state index contributed by atoms with van der Waals surface area (Å²) in [7, 11) is 0. The van der Waals surface area contributed by atoms with Crippen LogP contribution in [-0.4, -0.2) is 11.2 Å². The van der Waals surface area contributed by atoms with Crippen molar-refractivity contribution in [1.29, 1.82) is 0 Å². The number of aliphatic hydroxyl groups excluding tert-OH is 1. The third-order valence-electron chi connectivity index (χ3n) is 10.9. The summed E-state index contributed by atoms with van der Waals surface area (Å²) in [5.41, 5.74) is 2.53. The molecule has 4 aliphatic carbocycles. The van der Waals surface area contributed by atoms with Crippen molar-refractivity contribution in [3.63, 3.8) is 0 Å². The van der Waals surface area contributed by atoms with Crippen LogP contribution in [0.15, 0.2) is 24.3 Å². The average Bonchev–Trinajstić information content (AvgIpc) is 3.05. The zero-order valence-electron chi connectivity index (χ0n) is 19.8. The van der Waals surface area contributed by atoms with E-state index in [9.17, 15) is 5.11 Å². The summed E-state index contributed by atoms with van der Waals surface area (Å²) in [6.45, 7) is 16.6. The van der Waals surface area contributed by atoms with Crippen molar-refractivity contribution in [2.45, 2.75) is 98.5 Å². The van der Waals surface area contributed by atoms with Crippen LogP contribution in [0.25, 0.3) is 0 Å². The van der Waals surface area contributed by atoms with Crippen LogP contribution in [-0.2, 0) is 0 Å². The van der Waals surface area contributed by atoms with Crippen LogP contribution in [0.2, 0.25) is 0 Å². The molecule has 0 bridgehead atoms. The maximum atomic E-state index is 10.2. The normalized spacial score (nSPS) is 47.2. The van der Waals surface area contributed by atoms with E-state index in [2.05, 4.69) is 53.3 Å². The van der Waals surface area contributed by atoms with Crippen LogP contribution in [0.3, 0.4) is 0 Å². The molecule has 164 valence electrons. The molecule has 10 atom stereocenters. The van der Waals surface area contributed by atoms with Crippen LogP contribution in [0.5, 0.6) is 0 Å². The Balaban J connectivity index is 1.52. The predicted octanol–water partition coefficient (Wildman–Crippen LogP) is 7.41. The number of fused-ring (bicyclic) bond motifs is 5. The minimum Gasteiger partial charge on any atom is -0.393 e. The van der Waals surface area contributed by atoms with Gasteiger partial charge >= 0.3 is 0 Å². The van der Waals surface area contributed by atoms with Crippen LogP contribution >= 0.6 is 0 Å². The largest absolute Gasteiger partial charge is 0.393 e. The van der Waals surface area contributed by atoms with Gasteiger partial charge in [0.25, 0.3) is 0 Å². The molecule has 1 nitrogen and oxygen atoms in total. The van der Waals surface area contributed by atoms with Gasteiger partial charge in [0, 0.05) is 0 Å². The molecule has 0 amide bonds. The Hall–Kier alpha value is -0.560. The minimum absolute atomic E-state index is 0.0867. The fourth-order valence-corrected chi connectivity index (χ4v) is 8.81. The first-order valence-electron chi connectivity index (χ1n) is 12.7. The van der Waals surface area contributed by atoms with Crippen molar-refractivity contribution in [3.8, 4) is 0 Å². The summed E-state index contributed by atoms with van der Waals surface area (Å²) >= 11 is 0. The van der Waals surface area contributed by atoms with E-state index >= 15 is 0 Å². The second-order valence-corrected chi connectivity index (χ2v) is 12.2. The lowest BCUT2D eigenvalue weighted by Gasteiger charge is -2.58. The summed E-state index contributed by atoms with van der Waals surface area (Å²) < 4.78 is 0. The lowest BCUT2D eigenvalue weighted by atomic mass is 9.47. The van der Waals surface area contributed by atoms with Crippen LogP contribution < -0.4 is 0 Å². The predicted molar refractivity (Wildman–Crippen MR) is 124 cm³/mol. The van der Waals surface area contributed by atoms with Crippen molar-refractivity contribution in [2.24, 2.45) is 52.3 Å². The van der Waals surface area contributed by atoms with E-state index in [0.29, 0.717) is 16.7 Å². The summed E-state index contributed by atoms with van der Waals surface area (Å²) in [6, 6.07) is 0. The Kier molecular flexibility index (Phi) is 5.86. The van der Waals surface area contributed by atoms with Gasteiger partial charge < -0.3 is 5.11 Å². The molecule has 0 saturated heterocycles. The standard InChI is InChI=1S/C28H46O/c1-7-18(2)19(3)16-20(4)24-10-11-25-23-9-8-21-17-22(29)12-14-27(21,5)26(23)13-15-28(24,25)6/h7-8,18-20,22-26,29H,1,9-17H2,2-6H3. The lowest BCUT2D eigenvalue weighted by molar-refractivity contribution is -0.0581. The Morgan fingerprint density at radius 2 is 1.86 bits per heavy atom. The second kappa shape index (κ2) is 7.85. The van der Waals surface area contributed by atoms with Gasteiger partial charge in [-0.25, -0.2) is 0 Å². The van der Waals surface area contributed by atoms with E-state index in [1.54, 1.807) is 5.57 Å². The zero-order chi connectivity index (χ0) is 21.0. The summed E-state index contributed by atoms with van der Waals surface area (Å²) in [5.74, 6) is 5.77. The van der Waals surface area contributed by atoms with Gasteiger partial charge in [0.2, 0.25) is 0 Å². The molecule has 0 heterocycles. The number of rotatable bonds is 5. The Morgan fingerprint density at radius 1 is 1.10 bits per heavy atom. The fraction of sp³-hybridized carbons (Fsp3) is 0.857. The molecule has 1 N–H and O–H groups in total. The second-order valence-electron chi connectivity index (χ2n) is 12.2. The van der Waals surface area contributed by atoms with Gasteiger partial charge in [-0.2, -0.15) is 0 Å². The highest BCUT2D eigenvalue weighted by Crippen LogP contribution is 2.67. The molecule has 1 heteroatoms. The first-order valence-corrected chi connectivity index (χ1v) is 12.7. The highest BCUT2D eigenvalue weighted by atomic mass is 16.3. The fourth-order valence-electron chi connectivity index (χ4n) is 8.81.